The predicted molar refractivity (Wildman–Crippen MR) is 106 cm³/mol. The summed E-state index contributed by atoms with van der Waals surface area (Å²) < 4.78 is 5.53. The molecule has 2 rings (SSSR count). The topological polar surface area (TPSA) is 126 Å². The van der Waals surface area contributed by atoms with E-state index in [1.165, 1.54) is 19.1 Å². The number of carboxylic acids is 1. The zero-order valence-electron chi connectivity index (χ0n) is 15.9. The second kappa shape index (κ2) is 8.85. The Hall–Kier alpha value is -3.61. The van der Waals surface area contributed by atoms with E-state index in [-0.39, 0.29) is 22.7 Å². The van der Waals surface area contributed by atoms with Gasteiger partial charge in [0.05, 0.1) is 11.6 Å². The van der Waals surface area contributed by atoms with Crippen LogP contribution in [0.15, 0.2) is 60.0 Å². The lowest BCUT2D eigenvalue weighted by atomic mass is 10.0. The Morgan fingerprint density at radius 1 is 1.11 bits per heavy atom. The van der Waals surface area contributed by atoms with Gasteiger partial charge in [-0.1, -0.05) is 29.8 Å². The molecule has 0 bridgehead atoms. The first-order valence-electron chi connectivity index (χ1n) is 8.63. The van der Waals surface area contributed by atoms with Crippen LogP contribution in [-0.2, 0) is 4.79 Å². The number of nitrogens with one attached hydrogen (secondary N) is 2. The minimum Gasteiger partial charge on any atom is -0.478 e. The SMILES string of the molecule is CC(=N)/C(C(=O)N[C@@H](C)c1ccc(C(=O)O)cc1)=C(\N)Oc1ccc(C)cc1. The molecule has 0 aliphatic rings. The molecular weight excluding hydrogens is 358 g/mol. The molecule has 0 heterocycles. The molecule has 0 unspecified atom stereocenters. The quantitative estimate of drug-likeness (QED) is 0.333. The van der Waals surface area contributed by atoms with Gasteiger partial charge in [0, 0.05) is 5.71 Å². The molecule has 2 aromatic rings. The lowest BCUT2D eigenvalue weighted by Crippen LogP contribution is -2.33. The molecule has 5 N–H and O–H groups in total. The van der Waals surface area contributed by atoms with Crippen LogP contribution < -0.4 is 15.8 Å². The summed E-state index contributed by atoms with van der Waals surface area (Å²) in [4.78, 5) is 23.6. The molecule has 7 nitrogen and oxygen atoms in total. The molecule has 1 atom stereocenters. The van der Waals surface area contributed by atoms with Gasteiger partial charge in [0.25, 0.3) is 5.91 Å². The lowest BCUT2D eigenvalue weighted by Gasteiger charge is -2.17. The van der Waals surface area contributed by atoms with Crippen LogP contribution in [-0.4, -0.2) is 22.7 Å². The Bertz CT molecular complexity index is 916. The van der Waals surface area contributed by atoms with E-state index in [9.17, 15) is 9.59 Å². The van der Waals surface area contributed by atoms with E-state index in [0.717, 1.165) is 11.1 Å². The zero-order valence-corrected chi connectivity index (χ0v) is 15.9. The van der Waals surface area contributed by atoms with E-state index in [4.69, 9.17) is 21.0 Å². The second-order valence-corrected chi connectivity index (χ2v) is 6.40. The van der Waals surface area contributed by atoms with Crippen molar-refractivity contribution in [2.24, 2.45) is 5.73 Å². The molecule has 2 aromatic carbocycles. The van der Waals surface area contributed by atoms with Gasteiger partial charge in [-0.15, -0.1) is 0 Å². The highest BCUT2D eigenvalue weighted by Gasteiger charge is 2.20. The third kappa shape index (κ3) is 5.20. The van der Waals surface area contributed by atoms with Crippen molar-refractivity contribution in [3.8, 4) is 5.75 Å². The fourth-order valence-corrected chi connectivity index (χ4v) is 2.52. The number of nitrogens with two attached hydrogens (primary N) is 1. The van der Waals surface area contributed by atoms with Crippen LogP contribution in [0.5, 0.6) is 5.75 Å². The van der Waals surface area contributed by atoms with Gasteiger partial charge in [0.1, 0.15) is 11.3 Å². The van der Waals surface area contributed by atoms with E-state index in [1.807, 2.05) is 19.1 Å². The predicted octanol–water partition coefficient (Wildman–Crippen LogP) is 3.16. The Morgan fingerprint density at radius 3 is 2.18 bits per heavy atom. The summed E-state index contributed by atoms with van der Waals surface area (Å²) in [5, 5.41) is 19.6. The number of aryl methyl sites for hydroxylation is 1. The molecule has 28 heavy (non-hydrogen) atoms. The summed E-state index contributed by atoms with van der Waals surface area (Å²) >= 11 is 0. The van der Waals surface area contributed by atoms with Gasteiger partial charge in [0.15, 0.2) is 0 Å². The Kier molecular flexibility index (Phi) is 6.55. The molecule has 0 aliphatic heterocycles. The van der Waals surface area contributed by atoms with Crippen molar-refractivity contribution < 1.29 is 19.4 Å². The van der Waals surface area contributed by atoms with Crippen LogP contribution >= 0.6 is 0 Å². The summed E-state index contributed by atoms with van der Waals surface area (Å²) in [5.41, 5.74) is 7.79. The smallest absolute Gasteiger partial charge is 0.335 e. The van der Waals surface area contributed by atoms with Gasteiger partial charge in [-0.3, -0.25) is 4.79 Å². The second-order valence-electron chi connectivity index (χ2n) is 6.40. The van der Waals surface area contributed by atoms with Gasteiger partial charge in [-0.25, -0.2) is 4.79 Å². The standard InChI is InChI=1S/C21H23N3O4/c1-12-4-10-17(11-5-12)28-19(23)18(13(2)22)20(25)24-14(3)15-6-8-16(9-7-15)21(26)27/h4-11,14,22H,23H2,1-3H3,(H,24,25)(H,26,27)/b19-18-,22-13?/t14-/m0/s1. The number of benzene rings is 2. The maximum atomic E-state index is 12.7. The van der Waals surface area contributed by atoms with Gasteiger partial charge in [-0.05, 0) is 50.6 Å². The first-order chi connectivity index (χ1) is 13.2. The number of rotatable bonds is 7. The highest BCUT2D eigenvalue weighted by molar-refractivity contribution is 6.20. The summed E-state index contributed by atoms with van der Waals surface area (Å²) in [6.07, 6.45) is 0. The average Bonchev–Trinajstić information content (AvgIpc) is 2.63. The normalized spacial score (nSPS) is 12.5. The largest absolute Gasteiger partial charge is 0.478 e. The van der Waals surface area contributed by atoms with Crippen LogP contribution in [0.3, 0.4) is 0 Å². The van der Waals surface area contributed by atoms with E-state index in [2.05, 4.69) is 5.32 Å². The van der Waals surface area contributed by atoms with Gasteiger partial charge < -0.3 is 26.3 Å². The third-order valence-corrected chi connectivity index (χ3v) is 4.10. The summed E-state index contributed by atoms with van der Waals surface area (Å²) in [7, 11) is 0. The molecule has 146 valence electrons. The number of carboxylic acid groups (broad SMARTS) is 1. The molecular formula is C21H23N3O4. The van der Waals surface area contributed by atoms with E-state index in [1.54, 1.807) is 31.2 Å². The maximum Gasteiger partial charge on any atom is 0.335 e. The van der Waals surface area contributed by atoms with Gasteiger partial charge in [-0.2, -0.15) is 0 Å². The highest BCUT2D eigenvalue weighted by atomic mass is 16.5. The molecule has 0 fully saturated rings. The van der Waals surface area contributed by atoms with Gasteiger partial charge in [0.2, 0.25) is 5.88 Å². The van der Waals surface area contributed by atoms with Crippen LogP contribution in [0.25, 0.3) is 0 Å². The van der Waals surface area contributed by atoms with E-state index in [0.29, 0.717) is 5.75 Å². The van der Waals surface area contributed by atoms with Crippen LogP contribution in [0, 0.1) is 12.3 Å². The number of hydrogen-bond donors (Lipinski definition) is 4. The fraction of sp³-hybridized carbons (Fsp3) is 0.190. The number of carbonyl (C=O) groups excluding carboxylic acids is 1. The van der Waals surface area contributed by atoms with Crippen molar-refractivity contribution in [2.45, 2.75) is 26.8 Å². The van der Waals surface area contributed by atoms with Crippen LogP contribution in [0.1, 0.15) is 41.4 Å². The van der Waals surface area contributed by atoms with Gasteiger partial charge >= 0.3 is 5.97 Å². The molecule has 0 aromatic heterocycles. The first-order valence-corrected chi connectivity index (χ1v) is 8.63. The third-order valence-electron chi connectivity index (χ3n) is 4.10. The van der Waals surface area contributed by atoms with Crippen molar-refractivity contribution in [3.05, 3.63) is 76.7 Å². The minimum absolute atomic E-state index is 0.0319. The maximum absolute atomic E-state index is 12.7. The first kappa shape index (κ1) is 20.7. The van der Waals surface area contributed by atoms with Crippen molar-refractivity contribution in [3.63, 3.8) is 0 Å². The van der Waals surface area contributed by atoms with E-state index >= 15 is 0 Å². The fourth-order valence-electron chi connectivity index (χ4n) is 2.52. The number of carbonyl (C=O) groups is 2. The van der Waals surface area contributed by atoms with Crippen LogP contribution in [0.4, 0.5) is 0 Å². The molecule has 0 saturated carbocycles. The number of hydrogen-bond acceptors (Lipinski definition) is 5. The minimum atomic E-state index is -1.02. The summed E-state index contributed by atoms with van der Waals surface area (Å²) in [6.45, 7) is 5.14. The monoisotopic (exact) mass is 381 g/mol. The summed E-state index contributed by atoms with van der Waals surface area (Å²) in [6, 6.07) is 12.9. The van der Waals surface area contributed by atoms with Crippen molar-refractivity contribution in [2.75, 3.05) is 0 Å². The average molecular weight is 381 g/mol. The number of ether oxygens (including phenoxy) is 1. The van der Waals surface area contributed by atoms with Crippen LogP contribution in [0.2, 0.25) is 0 Å². The Labute approximate surface area is 163 Å². The van der Waals surface area contributed by atoms with Crippen molar-refractivity contribution in [1.82, 2.24) is 5.32 Å². The number of amides is 1. The summed E-state index contributed by atoms with van der Waals surface area (Å²) in [5.74, 6) is -1.27. The highest BCUT2D eigenvalue weighted by Crippen LogP contribution is 2.17. The molecule has 0 spiro atoms. The Morgan fingerprint density at radius 2 is 1.68 bits per heavy atom. The molecule has 0 radical (unpaired) electrons. The molecule has 0 saturated heterocycles. The number of aromatic carboxylic acids is 1. The van der Waals surface area contributed by atoms with Crippen molar-refractivity contribution >= 4 is 17.6 Å². The van der Waals surface area contributed by atoms with Crippen molar-refractivity contribution in [1.29, 1.82) is 5.41 Å². The Balaban J connectivity index is 2.18. The van der Waals surface area contributed by atoms with E-state index < -0.39 is 17.9 Å². The lowest BCUT2D eigenvalue weighted by molar-refractivity contribution is -0.117. The zero-order chi connectivity index (χ0) is 20.8. The molecule has 7 heteroatoms. The molecule has 0 aliphatic carbocycles. The molecule has 1 amide bonds.